The second-order valence-corrected chi connectivity index (χ2v) is 5.96. The third-order valence-corrected chi connectivity index (χ3v) is 4.54. The lowest BCUT2D eigenvalue weighted by atomic mass is 10.0. The Morgan fingerprint density at radius 3 is 2.73 bits per heavy atom. The highest BCUT2D eigenvalue weighted by Gasteiger charge is 2.23. The molecule has 0 aliphatic carbocycles. The number of aromatic nitrogens is 1. The van der Waals surface area contributed by atoms with Crippen molar-refractivity contribution in [3.63, 3.8) is 0 Å². The number of rotatable bonds is 5. The monoisotopic (exact) mass is 295 g/mol. The Morgan fingerprint density at radius 1 is 1.18 bits per heavy atom. The fourth-order valence-electron chi connectivity index (χ4n) is 3.13. The Morgan fingerprint density at radius 2 is 2.00 bits per heavy atom. The molecule has 1 N–H and O–H groups in total. The van der Waals surface area contributed by atoms with E-state index in [4.69, 9.17) is 0 Å². The molecule has 1 aliphatic rings. The summed E-state index contributed by atoms with van der Waals surface area (Å²) in [7, 11) is 0. The van der Waals surface area contributed by atoms with Gasteiger partial charge >= 0.3 is 0 Å². The topological polar surface area (TPSA) is 28.2 Å². The summed E-state index contributed by atoms with van der Waals surface area (Å²) in [6, 6.07) is 13.7. The van der Waals surface area contributed by atoms with Gasteiger partial charge in [-0.15, -0.1) is 0 Å². The molecular formula is C19H25N3. The molecule has 3 heteroatoms. The summed E-state index contributed by atoms with van der Waals surface area (Å²) in [6.07, 6.45) is 6.07. The van der Waals surface area contributed by atoms with Crippen LogP contribution in [0.15, 0.2) is 48.8 Å². The molecule has 1 fully saturated rings. The predicted octanol–water partition coefficient (Wildman–Crippen LogP) is 2.83. The fourth-order valence-corrected chi connectivity index (χ4v) is 3.13. The molecule has 3 nitrogen and oxygen atoms in total. The minimum absolute atomic E-state index is 0.442. The van der Waals surface area contributed by atoms with Crippen LogP contribution in [0, 0.1) is 0 Å². The number of hydrogen-bond acceptors (Lipinski definition) is 3. The van der Waals surface area contributed by atoms with Crippen LogP contribution in [0.1, 0.15) is 29.7 Å². The molecule has 0 radical (unpaired) electrons. The molecule has 1 unspecified atom stereocenters. The lowest BCUT2D eigenvalue weighted by molar-refractivity contribution is 0.164. The van der Waals surface area contributed by atoms with E-state index in [1.807, 2.05) is 18.5 Å². The van der Waals surface area contributed by atoms with Crippen molar-refractivity contribution in [3.8, 4) is 0 Å². The summed E-state index contributed by atoms with van der Waals surface area (Å²) in [5.41, 5.74) is 4.16. The standard InChI is InChI=1S/C19H25N3/c1-2-16-5-7-17(8-6-16)9-12-22-13-11-21-15-19(22)18-4-3-10-20-14-18/h3-8,10,14,19,21H,2,9,11-13,15H2,1H3. The molecule has 22 heavy (non-hydrogen) atoms. The van der Waals surface area contributed by atoms with Crippen LogP contribution in [0.5, 0.6) is 0 Å². The van der Waals surface area contributed by atoms with Gasteiger partial charge in [0, 0.05) is 44.6 Å². The quantitative estimate of drug-likeness (QED) is 0.919. The largest absolute Gasteiger partial charge is 0.314 e. The molecule has 1 aromatic heterocycles. The van der Waals surface area contributed by atoms with Gasteiger partial charge in [0.2, 0.25) is 0 Å². The van der Waals surface area contributed by atoms with Crippen LogP contribution in [-0.4, -0.2) is 36.1 Å². The van der Waals surface area contributed by atoms with Crippen LogP contribution < -0.4 is 5.32 Å². The smallest absolute Gasteiger partial charge is 0.0488 e. The molecule has 1 atom stereocenters. The van der Waals surface area contributed by atoms with Gasteiger partial charge in [-0.05, 0) is 35.6 Å². The Hall–Kier alpha value is -1.71. The third-order valence-electron chi connectivity index (χ3n) is 4.54. The number of pyridine rings is 1. The summed E-state index contributed by atoms with van der Waals surface area (Å²) in [5.74, 6) is 0. The maximum atomic E-state index is 4.28. The van der Waals surface area contributed by atoms with Gasteiger partial charge < -0.3 is 5.32 Å². The number of piperazine rings is 1. The number of benzene rings is 1. The lowest BCUT2D eigenvalue weighted by Crippen LogP contribution is -2.46. The Labute approximate surface area is 133 Å². The molecule has 1 aliphatic heterocycles. The first-order chi connectivity index (χ1) is 10.9. The van der Waals surface area contributed by atoms with Crippen LogP contribution in [0.25, 0.3) is 0 Å². The first-order valence-electron chi connectivity index (χ1n) is 8.29. The summed E-state index contributed by atoms with van der Waals surface area (Å²) in [6.45, 7) is 6.50. The molecule has 2 heterocycles. The molecule has 3 rings (SSSR count). The average Bonchev–Trinajstić information content (AvgIpc) is 2.61. The van der Waals surface area contributed by atoms with Crippen molar-refractivity contribution < 1.29 is 0 Å². The zero-order valence-electron chi connectivity index (χ0n) is 13.3. The SMILES string of the molecule is CCc1ccc(CCN2CCNCC2c2cccnc2)cc1. The van der Waals surface area contributed by atoms with Gasteiger partial charge in [0.15, 0.2) is 0 Å². The molecular weight excluding hydrogens is 270 g/mol. The van der Waals surface area contributed by atoms with Crippen molar-refractivity contribution in [1.29, 1.82) is 0 Å². The van der Waals surface area contributed by atoms with E-state index in [1.54, 1.807) is 0 Å². The molecule has 116 valence electrons. The van der Waals surface area contributed by atoms with Gasteiger partial charge in [-0.1, -0.05) is 37.3 Å². The van der Waals surface area contributed by atoms with E-state index in [9.17, 15) is 0 Å². The second-order valence-electron chi connectivity index (χ2n) is 5.96. The first-order valence-corrected chi connectivity index (χ1v) is 8.29. The normalized spacial score (nSPS) is 19.2. The van der Waals surface area contributed by atoms with E-state index >= 15 is 0 Å². The van der Waals surface area contributed by atoms with Gasteiger partial charge in [-0.2, -0.15) is 0 Å². The summed E-state index contributed by atoms with van der Waals surface area (Å²) in [5, 5.41) is 3.51. The minimum atomic E-state index is 0.442. The maximum absolute atomic E-state index is 4.28. The van der Waals surface area contributed by atoms with Crippen LogP contribution in [0.4, 0.5) is 0 Å². The second kappa shape index (κ2) is 7.52. The number of nitrogens with zero attached hydrogens (tertiary/aromatic N) is 2. The Bertz CT molecular complexity index is 565. The average molecular weight is 295 g/mol. The first kappa shape index (κ1) is 15.2. The van der Waals surface area contributed by atoms with Crippen molar-refractivity contribution in [3.05, 3.63) is 65.5 Å². The molecule has 1 saturated heterocycles. The number of hydrogen-bond donors (Lipinski definition) is 1. The molecule has 2 aromatic rings. The van der Waals surface area contributed by atoms with Gasteiger partial charge in [-0.25, -0.2) is 0 Å². The van der Waals surface area contributed by atoms with Crippen molar-refractivity contribution in [2.45, 2.75) is 25.8 Å². The molecule has 0 amide bonds. The van der Waals surface area contributed by atoms with Crippen molar-refractivity contribution in [2.75, 3.05) is 26.2 Å². The van der Waals surface area contributed by atoms with Crippen LogP contribution in [0.2, 0.25) is 0 Å². The van der Waals surface area contributed by atoms with E-state index in [1.165, 1.54) is 16.7 Å². The van der Waals surface area contributed by atoms with E-state index < -0.39 is 0 Å². The minimum Gasteiger partial charge on any atom is -0.314 e. The molecule has 0 bridgehead atoms. The maximum Gasteiger partial charge on any atom is 0.0488 e. The summed E-state index contributed by atoms with van der Waals surface area (Å²) < 4.78 is 0. The summed E-state index contributed by atoms with van der Waals surface area (Å²) in [4.78, 5) is 6.86. The summed E-state index contributed by atoms with van der Waals surface area (Å²) >= 11 is 0. The van der Waals surface area contributed by atoms with Crippen LogP contribution in [0.3, 0.4) is 0 Å². The zero-order chi connectivity index (χ0) is 15.2. The van der Waals surface area contributed by atoms with Gasteiger partial charge in [-0.3, -0.25) is 9.88 Å². The lowest BCUT2D eigenvalue weighted by Gasteiger charge is -2.36. The van der Waals surface area contributed by atoms with Gasteiger partial charge in [0.05, 0.1) is 0 Å². The Kier molecular flexibility index (Phi) is 5.20. The van der Waals surface area contributed by atoms with Crippen molar-refractivity contribution in [2.24, 2.45) is 0 Å². The van der Waals surface area contributed by atoms with E-state index in [0.29, 0.717) is 6.04 Å². The third kappa shape index (κ3) is 3.73. The zero-order valence-corrected chi connectivity index (χ0v) is 13.3. The van der Waals surface area contributed by atoms with Gasteiger partial charge in [0.25, 0.3) is 0 Å². The molecule has 1 aromatic carbocycles. The van der Waals surface area contributed by atoms with E-state index in [0.717, 1.165) is 39.0 Å². The highest BCUT2D eigenvalue weighted by Crippen LogP contribution is 2.21. The van der Waals surface area contributed by atoms with Gasteiger partial charge in [0.1, 0.15) is 0 Å². The van der Waals surface area contributed by atoms with Crippen molar-refractivity contribution >= 4 is 0 Å². The van der Waals surface area contributed by atoms with Crippen molar-refractivity contribution in [1.82, 2.24) is 15.2 Å². The molecule has 0 saturated carbocycles. The van der Waals surface area contributed by atoms with Crippen LogP contribution >= 0.6 is 0 Å². The Balaban J connectivity index is 1.64. The van der Waals surface area contributed by atoms with Crippen LogP contribution in [-0.2, 0) is 12.8 Å². The molecule has 0 spiro atoms. The van der Waals surface area contributed by atoms with E-state index in [2.05, 4.69) is 52.5 Å². The fraction of sp³-hybridized carbons (Fsp3) is 0.421. The van der Waals surface area contributed by atoms with E-state index in [-0.39, 0.29) is 0 Å². The predicted molar refractivity (Wildman–Crippen MR) is 90.9 cm³/mol. The number of aryl methyl sites for hydroxylation is 1. The highest BCUT2D eigenvalue weighted by molar-refractivity contribution is 5.23. The highest BCUT2D eigenvalue weighted by atomic mass is 15.2. The number of nitrogens with one attached hydrogen (secondary N) is 1.